The van der Waals surface area contributed by atoms with E-state index < -0.39 is 39.0 Å². The van der Waals surface area contributed by atoms with Gasteiger partial charge in [-0.15, -0.1) is 0 Å². The number of nitrogens with zero attached hydrogens (tertiary/aromatic N) is 4. The molecule has 9 nitrogen and oxygen atoms in total. The number of carbonyl (C=O) groups is 1. The molecule has 1 aromatic heterocycles. The third-order valence-electron chi connectivity index (χ3n) is 25.5. The standard InChI is InChI=1S/C46H40N2.C22H17FN2.C20H14ClN.C20H14FN.C20H18N2O/c1-7-19-39(20-8-1)45(40-21-9-2-10-22-40,41-23-11-3-12-24-41)47-35-37-31-33-38(34-32-37)36-48-46(42-25-13-4-14-26-42,43-27-15-5-16-28-43)44-29-17-6-18-30-44;23-21-14-12-20(13-15-21)22(25-17-7-16-24-25,18-8-3-1-4-9-18)19-10-5-2-6-11-19;2*21-19-13-11-18(12-14-19)20(15-22,16-7-3-1-4-8-16)17-9-5-2-6-10-17;21-19(23)22-20(16-10-4-1-5-11-16,17-12-6-2-7-13-17)18-14-8-3-9-15-18/h1-34,47-48H,35-36H2;1-17H;2*1-14H;1-15H,(H3,21,22,23). The van der Waals surface area contributed by atoms with Gasteiger partial charge in [-0.25, -0.2) is 13.6 Å². The summed E-state index contributed by atoms with van der Waals surface area (Å²) in [5, 5.41) is 36.4. The zero-order valence-corrected chi connectivity index (χ0v) is 77.8. The van der Waals surface area contributed by atoms with Crippen LogP contribution in [0, 0.1) is 34.3 Å². The number of urea groups is 1. The van der Waals surface area contributed by atoms with Gasteiger partial charge in [0.2, 0.25) is 0 Å². The summed E-state index contributed by atoms with van der Waals surface area (Å²) in [4.78, 5) is 11.8. The van der Waals surface area contributed by atoms with E-state index in [1.807, 2.05) is 302 Å². The summed E-state index contributed by atoms with van der Waals surface area (Å²) in [6, 6.07) is 189. The zero-order chi connectivity index (χ0) is 96.6. The van der Waals surface area contributed by atoms with Gasteiger partial charge in [-0.1, -0.05) is 527 Å². The molecule has 0 aliphatic rings. The summed E-state index contributed by atoms with van der Waals surface area (Å²) in [6.07, 6.45) is 3.72. The molecule has 0 saturated heterocycles. The lowest BCUT2D eigenvalue weighted by Crippen LogP contribution is -2.49. The van der Waals surface area contributed by atoms with Crippen LogP contribution in [0.3, 0.4) is 0 Å². The van der Waals surface area contributed by atoms with Gasteiger partial charge in [-0.2, -0.15) is 15.6 Å². The Bertz CT molecular complexity index is 6550. The zero-order valence-electron chi connectivity index (χ0n) is 77.1. The number of carbonyl (C=O) groups excluding carboxylic acids is 1. The van der Waals surface area contributed by atoms with Crippen LogP contribution in [0.2, 0.25) is 5.02 Å². The van der Waals surface area contributed by atoms with Crippen molar-refractivity contribution < 1.29 is 13.6 Å². The Labute approximate surface area is 824 Å². The number of amides is 2. The van der Waals surface area contributed by atoms with Crippen LogP contribution in [-0.4, -0.2) is 15.8 Å². The molecule has 2 amide bonds. The Morgan fingerprint density at radius 2 is 0.457 bits per heavy atom. The smallest absolute Gasteiger partial charge is 0.313 e. The molecule has 0 radical (unpaired) electrons. The van der Waals surface area contributed by atoms with Crippen molar-refractivity contribution in [2.45, 2.75) is 46.1 Å². The Hall–Kier alpha value is -17.3. The number of aromatic nitrogens is 2. The summed E-state index contributed by atoms with van der Waals surface area (Å²) in [5.41, 5.74) is 22.2. The van der Waals surface area contributed by atoms with Crippen molar-refractivity contribution in [1.29, 1.82) is 10.5 Å². The number of nitriles is 2. The third-order valence-corrected chi connectivity index (χ3v) is 25.8. The number of nitrogens with one attached hydrogen (secondary N) is 3. The Morgan fingerprint density at radius 1 is 0.264 bits per heavy atom. The molecule has 0 aliphatic carbocycles. The minimum absolute atomic E-state index is 0.251. The van der Waals surface area contributed by atoms with Gasteiger partial charge in [-0.05, 0) is 154 Å². The molecule has 0 bridgehead atoms. The molecule has 1 heterocycles. The lowest BCUT2D eigenvalue weighted by Gasteiger charge is -2.37. The fourth-order valence-electron chi connectivity index (χ4n) is 18.9. The van der Waals surface area contributed by atoms with E-state index in [0.29, 0.717) is 18.1 Å². The van der Waals surface area contributed by atoms with Crippen molar-refractivity contribution in [2.75, 3.05) is 0 Å². The first-order valence-corrected chi connectivity index (χ1v) is 46.9. The van der Waals surface area contributed by atoms with Crippen LogP contribution in [0.5, 0.6) is 0 Å². The Kier molecular flexibility index (Phi) is 31.7. The maximum absolute atomic E-state index is 13.6. The highest BCUT2D eigenvalue weighted by Crippen LogP contribution is 2.46. The van der Waals surface area contributed by atoms with Crippen molar-refractivity contribution >= 4 is 17.6 Å². The monoisotopic (exact) mass is 1840 g/mol. The van der Waals surface area contributed by atoms with Crippen LogP contribution in [0.25, 0.3) is 0 Å². The van der Waals surface area contributed by atoms with Crippen molar-refractivity contribution in [1.82, 2.24) is 25.7 Å². The molecule has 12 heteroatoms. The van der Waals surface area contributed by atoms with E-state index in [1.54, 1.807) is 18.3 Å². The highest BCUT2D eigenvalue weighted by atomic mass is 35.5. The maximum atomic E-state index is 13.6. The van der Waals surface area contributed by atoms with Gasteiger partial charge in [0, 0.05) is 30.5 Å². The van der Waals surface area contributed by atoms with Crippen LogP contribution in [0.4, 0.5) is 13.6 Å². The largest absolute Gasteiger partial charge is 0.352 e. The molecule has 0 saturated carbocycles. The normalized spacial score (nSPS) is 11.3. The average molecular weight is 1840 g/mol. The molecule has 0 atom stereocenters. The van der Waals surface area contributed by atoms with Crippen LogP contribution >= 0.6 is 11.6 Å². The van der Waals surface area contributed by atoms with Gasteiger partial charge in [0.1, 0.15) is 33.5 Å². The second-order valence-electron chi connectivity index (χ2n) is 33.7. The average Bonchev–Trinajstić information content (AvgIpc) is 1.38. The Morgan fingerprint density at radius 3 is 0.671 bits per heavy atom. The number of primary amides is 1. The first kappa shape index (κ1) is 95.9. The quantitative estimate of drug-likeness (QED) is 0.0398. The van der Waals surface area contributed by atoms with E-state index in [1.165, 1.54) is 68.8 Å². The highest BCUT2D eigenvalue weighted by Gasteiger charge is 2.43. The van der Waals surface area contributed by atoms with Crippen molar-refractivity contribution in [3.05, 3.63) is 698 Å². The van der Waals surface area contributed by atoms with Crippen LogP contribution < -0.4 is 21.7 Å². The van der Waals surface area contributed by atoms with Gasteiger partial charge < -0.3 is 11.1 Å². The third kappa shape index (κ3) is 21.0. The molecule has 20 rings (SSSR count). The van der Waals surface area contributed by atoms with E-state index in [0.717, 1.165) is 66.8 Å². The van der Waals surface area contributed by atoms with Crippen LogP contribution in [-0.2, 0) is 46.1 Å². The van der Waals surface area contributed by atoms with E-state index >= 15 is 0 Å². The van der Waals surface area contributed by atoms with E-state index in [2.05, 4.69) is 264 Å². The minimum atomic E-state index is -0.948. The topological polar surface area (TPSA) is 145 Å². The number of rotatable bonds is 26. The molecule has 5 N–H and O–H groups in total. The number of halogens is 3. The van der Waals surface area contributed by atoms with Crippen molar-refractivity contribution in [2.24, 2.45) is 5.73 Å². The van der Waals surface area contributed by atoms with Gasteiger partial charge in [0.15, 0.2) is 0 Å². The molecular formula is C128H103ClF2N8O. The Balaban J connectivity index is 0.000000132. The van der Waals surface area contributed by atoms with Gasteiger partial charge in [0.25, 0.3) is 0 Å². The molecule has 0 fully saturated rings. The molecule has 0 unspecified atom stereocenters. The van der Waals surface area contributed by atoms with E-state index in [-0.39, 0.29) is 11.6 Å². The van der Waals surface area contributed by atoms with Crippen LogP contribution in [0.15, 0.2) is 570 Å². The second kappa shape index (κ2) is 46.3. The molecular weight excluding hydrogens is 1740 g/mol. The molecule has 0 aliphatic heterocycles. The van der Waals surface area contributed by atoms with Crippen molar-refractivity contribution in [3.63, 3.8) is 0 Å². The minimum Gasteiger partial charge on any atom is -0.352 e. The SMILES string of the molecule is Fc1ccc(C(c2ccccc2)(c2ccccc2)n2cccn2)cc1.N#CC(c1ccccc1)(c1ccccc1)c1ccc(Cl)cc1.N#CC(c1ccccc1)(c1ccccc1)c1ccc(F)cc1.NC(=O)NC(c1ccccc1)(c1ccccc1)c1ccccc1.c1ccc(C(NCc2ccc(CNC(c3ccccc3)(c3ccccc3)c3ccccc3)cc2)(c2ccccc2)c2ccccc2)cc1. The second-order valence-corrected chi connectivity index (χ2v) is 34.1. The summed E-state index contributed by atoms with van der Waals surface area (Å²) in [7, 11) is 0. The number of hydrogen-bond donors (Lipinski definition) is 4. The highest BCUT2D eigenvalue weighted by molar-refractivity contribution is 6.30. The van der Waals surface area contributed by atoms with Crippen LogP contribution in [0.1, 0.15) is 111 Å². The predicted molar refractivity (Wildman–Crippen MR) is 562 cm³/mol. The summed E-state index contributed by atoms with van der Waals surface area (Å²) in [6.45, 7) is 1.41. The van der Waals surface area contributed by atoms with Gasteiger partial charge in [0.05, 0.1) is 23.2 Å². The predicted octanol–water partition coefficient (Wildman–Crippen LogP) is 28.2. The van der Waals surface area contributed by atoms with Gasteiger partial charge in [-0.3, -0.25) is 15.3 Å². The number of hydrogen-bond acceptors (Lipinski definition) is 6. The lowest BCUT2D eigenvalue weighted by atomic mass is 9.70. The van der Waals surface area contributed by atoms with Crippen molar-refractivity contribution in [3.8, 4) is 12.1 Å². The van der Waals surface area contributed by atoms with Gasteiger partial charge >= 0.3 is 6.03 Å². The fourth-order valence-corrected chi connectivity index (χ4v) is 19.0. The molecule has 140 heavy (non-hydrogen) atoms. The first-order valence-electron chi connectivity index (χ1n) is 46.5. The molecule has 20 aromatic rings. The molecule has 682 valence electrons. The number of benzene rings is 19. The molecule has 19 aromatic carbocycles. The fraction of sp³-hybridized carbons (Fsp3) is 0.0625. The maximum Gasteiger partial charge on any atom is 0.313 e. The summed E-state index contributed by atoms with van der Waals surface area (Å²) in [5.74, 6) is -0.559. The summed E-state index contributed by atoms with van der Waals surface area (Å²) >= 11 is 6.01. The summed E-state index contributed by atoms with van der Waals surface area (Å²) < 4.78 is 28.8. The lowest BCUT2D eigenvalue weighted by molar-refractivity contribution is 0.242. The molecule has 0 spiro atoms. The first-order chi connectivity index (χ1) is 68.9. The number of nitrogens with two attached hydrogens (primary N) is 1. The van der Waals surface area contributed by atoms with E-state index in [9.17, 15) is 24.1 Å². The van der Waals surface area contributed by atoms with E-state index in [4.69, 9.17) is 17.3 Å².